The SMILES string of the molecule is O=C(COC(=O)c1ccc(Cl)cc1)Nc1ccccc1F. The lowest BCUT2D eigenvalue weighted by Gasteiger charge is -2.07. The molecular weight excluding hydrogens is 297 g/mol. The summed E-state index contributed by atoms with van der Waals surface area (Å²) >= 11 is 5.70. The van der Waals surface area contributed by atoms with Crippen molar-refractivity contribution < 1.29 is 18.7 Å². The highest BCUT2D eigenvalue weighted by atomic mass is 35.5. The van der Waals surface area contributed by atoms with Crippen LogP contribution in [0, 0.1) is 5.82 Å². The number of benzene rings is 2. The van der Waals surface area contributed by atoms with Gasteiger partial charge in [0.2, 0.25) is 0 Å². The normalized spacial score (nSPS) is 10.0. The summed E-state index contributed by atoms with van der Waals surface area (Å²) in [5.74, 6) is -1.84. The second kappa shape index (κ2) is 6.85. The minimum absolute atomic E-state index is 0.0324. The van der Waals surface area contributed by atoms with E-state index >= 15 is 0 Å². The molecule has 0 unspecified atom stereocenters. The van der Waals surface area contributed by atoms with Gasteiger partial charge in [0.05, 0.1) is 11.3 Å². The lowest BCUT2D eigenvalue weighted by atomic mass is 10.2. The average molecular weight is 308 g/mol. The Morgan fingerprint density at radius 3 is 2.43 bits per heavy atom. The fraction of sp³-hybridized carbons (Fsp3) is 0.0667. The molecule has 2 rings (SSSR count). The van der Waals surface area contributed by atoms with Crippen LogP contribution in [-0.2, 0) is 9.53 Å². The van der Waals surface area contributed by atoms with Gasteiger partial charge in [-0.25, -0.2) is 9.18 Å². The Bertz CT molecular complexity index is 658. The maximum Gasteiger partial charge on any atom is 0.338 e. The van der Waals surface area contributed by atoms with Crippen LogP contribution in [0.5, 0.6) is 0 Å². The first-order valence-corrected chi connectivity index (χ1v) is 6.41. The first-order chi connectivity index (χ1) is 10.1. The van der Waals surface area contributed by atoms with E-state index in [0.29, 0.717) is 5.02 Å². The lowest BCUT2D eigenvalue weighted by Crippen LogP contribution is -2.21. The first-order valence-electron chi connectivity index (χ1n) is 6.03. The fourth-order valence-corrected chi connectivity index (χ4v) is 1.68. The van der Waals surface area contributed by atoms with Gasteiger partial charge in [0, 0.05) is 5.02 Å². The van der Waals surface area contributed by atoms with Crippen molar-refractivity contribution in [3.63, 3.8) is 0 Å². The molecule has 0 fully saturated rings. The third-order valence-corrected chi connectivity index (χ3v) is 2.81. The first kappa shape index (κ1) is 15.0. The summed E-state index contributed by atoms with van der Waals surface area (Å²) in [6.45, 7) is -0.504. The Balaban J connectivity index is 1.88. The van der Waals surface area contributed by atoms with Crippen molar-refractivity contribution >= 4 is 29.2 Å². The van der Waals surface area contributed by atoms with E-state index in [-0.39, 0.29) is 11.3 Å². The molecule has 6 heteroatoms. The summed E-state index contributed by atoms with van der Waals surface area (Å²) in [5.41, 5.74) is 0.308. The molecule has 2 aromatic carbocycles. The molecule has 1 N–H and O–H groups in total. The summed E-state index contributed by atoms with van der Waals surface area (Å²) in [6, 6.07) is 11.8. The topological polar surface area (TPSA) is 55.4 Å². The van der Waals surface area contributed by atoms with Gasteiger partial charge in [-0.05, 0) is 36.4 Å². The van der Waals surface area contributed by atoms with Crippen LogP contribution >= 0.6 is 11.6 Å². The van der Waals surface area contributed by atoms with Crippen LogP contribution < -0.4 is 5.32 Å². The number of carbonyl (C=O) groups is 2. The Kier molecular flexibility index (Phi) is 4.90. The number of amides is 1. The van der Waals surface area contributed by atoms with Crippen molar-refractivity contribution in [2.24, 2.45) is 0 Å². The zero-order valence-electron chi connectivity index (χ0n) is 10.8. The molecule has 108 valence electrons. The Morgan fingerprint density at radius 2 is 1.76 bits per heavy atom. The number of halogens is 2. The highest BCUT2D eigenvalue weighted by molar-refractivity contribution is 6.30. The van der Waals surface area contributed by atoms with E-state index in [9.17, 15) is 14.0 Å². The zero-order chi connectivity index (χ0) is 15.2. The number of ether oxygens (including phenoxy) is 1. The van der Waals surface area contributed by atoms with Crippen molar-refractivity contribution in [3.8, 4) is 0 Å². The van der Waals surface area contributed by atoms with Crippen molar-refractivity contribution in [3.05, 3.63) is 64.9 Å². The number of esters is 1. The van der Waals surface area contributed by atoms with Gasteiger partial charge in [0.15, 0.2) is 6.61 Å². The van der Waals surface area contributed by atoms with E-state index in [1.165, 1.54) is 42.5 Å². The molecule has 0 saturated carbocycles. The molecule has 4 nitrogen and oxygen atoms in total. The van der Waals surface area contributed by atoms with E-state index < -0.39 is 24.3 Å². The molecule has 0 bridgehead atoms. The molecule has 0 radical (unpaired) electrons. The van der Waals surface area contributed by atoms with Gasteiger partial charge in [0.25, 0.3) is 5.91 Å². The van der Waals surface area contributed by atoms with Gasteiger partial charge in [0.1, 0.15) is 5.82 Å². The van der Waals surface area contributed by atoms with Gasteiger partial charge in [-0.2, -0.15) is 0 Å². The number of rotatable bonds is 4. The van der Waals surface area contributed by atoms with Crippen LogP contribution in [0.15, 0.2) is 48.5 Å². The highest BCUT2D eigenvalue weighted by Crippen LogP contribution is 2.13. The van der Waals surface area contributed by atoms with E-state index in [4.69, 9.17) is 16.3 Å². The van der Waals surface area contributed by atoms with Gasteiger partial charge < -0.3 is 10.1 Å². The molecule has 0 aliphatic carbocycles. The number of nitrogens with one attached hydrogen (secondary N) is 1. The molecule has 1 amide bonds. The van der Waals surface area contributed by atoms with Crippen LogP contribution in [0.3, 0.4) is 0 Å². The minimum Gasteiger partial charge on any atom is -0.452 e. The molecule has 21 heavy (non-hydrogen) atoms. The average Bonchev–Trinajstić information content (AvgIpc) is 2.48. The largest absolute Gasteiger partial charge is 0.452 e. The minimum atomic E-state index is -0.657. The van der Waals surface area contributed by atoms with Crippen molar-refractivity contribution in [1.29, 1.82) is 0 Å². The molecule has 2 aromatic rings. The van der Waals surface area contributed by atoms with Crippen LogP contribution in [-0.4, -0.2) is 18.5 Å². The number of para-hydroxylation sites is 1. The van der Waals surface area contributed by atoms with Gasteiger partial charge in [-0.15, -0.1) is 0 Å². The molecule has 0 atom stereocenters. The van der Waals surface area contributed by atoms with Crippen molar-refractivity contribution in [2.75, 3.05) is 11.9 Å². The van der Waals surface area contributed by atoms with Gasteiger partial charge >= 0.3 is 5.97 Å². The maximum absolute atomic E-state index is 13.3. The quantitative estimate of drug-likeness (QED) is 0.882. The molecule has 0 saturated heterocycles. The number of hydrogen-bond acceptors (Lipinski definition) is 3. The third-order valence-electron chi connectivity index (χ3n) is 2.56. The molecule has 0 aromatic heterocycles. The zero-order valence-corrected chi connectivity index (χ0v) is 11.6. The van der Waals surface area contributed by atoms with Crippen LogP contribution in [0.25, 0.3) is 0 Å². The van der Waals surface area contributed by atoms with E-state index in [0.717, 1.165) is 0 Å². The molecule has 0 spiro atoms. The van der Waals surface area contributed by atoms with E-state index in [2.05, 4.69) is 5.32 Å². The number of carbonyl (C=O) groups excluding carboxylic acids is 2. The molecule has 0 aliphatic heterocycles. The highest BCUT2D eigenvalue weighted by Gasteiger charge is 2.11. The summed E-state index contributed by atoms with van der Waals surface area (Å²) in [4.78, 5) is 23.2. The monoisotopic (exact) mass is 307 g/mol. The second-order valence-corrected chi connectivity index (χ2v) is 4.55. The van der Waals surface area contributed by atoms with E-state index in [1.54, 1.807) is 6.07 Å². The summed E-state index contributed by atoms with van der Waals surface area (Å²) in [7, 11) is 0. The van der Waals surface area contributed by atoms with Crippen molar-refractivity contribution in [2.45, 2.75) is 0 Å². The molecule has 0 heterocycles. The van der Waals surface area contributed by atoms with Crippen LogP contribution in [0.1, 0.15) is 10.4 Å². The lowest BCUT2D eigenvalue weighted by molar-refractivity contribution is -0.119. The summed E-state index contributed by atoms with van der Waals surface area (Å²) in [5, 5.41) is 2.80. The Labute approximate surface area is 125 Å². The van der Waals surface area contributed by atoms with Gasteiger partial charge in [-0.1, -0.05) is 23.7 Å². The summed E-state index contributed by atoms with van der Waals surface area (Å²) < 4.78 is 18.1. The number of anilines is 1. The smallest absolute Gasteiger partial charge is 0.338 e. The van der Waals surface area contributed by atoms with E-state index in [1.807, 2.05) is 0 Å². The standard InChI is InChI=1S/C15H11ClFNO3/c16-11-7-5-10(6-8-11)15(20)21-9-14(19)18-13-4-2-1-3-12(13)17/h1-8H,9H2,(H,18,19). The predicted octanol–water partition coefficient (Wildman–Crippen LogP) is 3.27. The fourth-order valence-electron chi connectivity index (χ4n) is 1.55. The molecule has 0 aliphatic rings. The van der Waals surface area contributed by atoms with Gasteiger partial charge in [-0.3, -0.25) is 4.79 Å². The number of hydrogen-bond donors (Lipinski definition) is 1. The predicted molar refractivity (Wildman–Crippen MR) is 76.8 cm³/mol. The summed E-state index contributed by atoms with van der Waals surface area (Å²) in [6.07, 6.45) is 0. The third kappa shape index (κ3) is 4.29. The van der Waals surface area contributed by atoms with Crippen molar-refractivity contribution in [1.82, 2.24) is 0 Å². The maximum atomic E-state index is 13.3. The van der Waals surface area contributed by atoms with Crippen LogP contribution in [0.2, 0.25) is 5.02 Å². The molecular formula is C15H11ClFNO3. The Morgan fingerprint density at radius 1 is 1.10 bits per heavy atom. The second-order valence-electron chi connectivity index (χ2n) is 4.11. The van der Waals surface area contributed by atoms with Crippen LogP contribution in [0.4, 0.5) is 10.1 Å². The Hall–Kier alpha value is -2.40.